The van der Waals surface area contributed by atoms with Crippen LogP contribution in [0.3, 0.4) is 0 Å². The van der Waals surface area contributed by atoms with Gasteiger partial charge < -0.3 is 10.5 Å². The van der Waals surface area contributed by atoms with Crippen molar-refractivity contribution in [1.29, 1.82) is 0 Å². The second-order valence-corrected chi connectivity index (χ2v) is 5.60. The van der Waals surface area contributed by atoms with E-state index in [1.165, 1.54) is 25.7 Å². The van der Waals surface area contributed by atoms with Crippen LogP contribution in [0.15, 0.2) is 0 Å². The lowest BCUT2D eigenvalue weighted by atomic mass is 9.78. The largest absolute Gasteiger partial charge is 0.375 e. The molecule has 2 aliphatic rings. The Morgan fingerprint density at radius 3 is 2.13 bits per heavy atom. The van der Waals surface area contributed by atoms with Crippen LogP contribution in [0.1, 0.15) is 46.5 Å². The molecule has 1 saturated heterocycles. The predicted octanol–water partition coefficient (Wildman–Crippen LogP) is 2.56. The first-order valence-corrected chi connectivity index (χ1v) is 6.52. The van der Waals surface area contributed by atoms with E-state index in [-0.39, 0.29) is 0 Å². The zero-order valence-electron chi connectivity index (χ0n) is 10.3. The molecule has 2 rings (SSSR count). The molecule has 1 saturated carbocycles. The van der Waals surface area contributed by atoms with Crippen LogP contribution < -0.4 is 5.73 Å². The summed E-state index contributed by atoms with van der Waals surface area (Å²) in [6.07, 6.45) is 6.17. The van der Waals surface area contributed by atoms with Crippen LogP contribution in [0, 0.1) is 17.8 Å². The minimum Gasteiger partial charge on any atom is -0.375 e. The maximum absolute atomic E-state index is 6.45. The molecule has 88 valence electrons. The fourth-order valence-corrected chi connectivity index (χ4v) is 3.61. The van der Waals surface area contributed by atoms with Gasteiger partial charge in [0.1, 0.15) is 0 Å². The van der Waals surface area contributed by atoms with Crippen LogP contribution in [0.4, 0.5) is 0 Å². The van der Waals surface area contributed by atoms with Crippen molar-refractivity contribution in [3.63, 3.8) is 0 Å². The van der Waals surface area contributed by atoms with Crippen LogP contribution in [-0.2, 0) is 4.74 Å². The molecule has 2 N–H and O–H groups in total. The lowest BCUT2D eigenvalue weighted by molar-refractivity contribution is 0.0468. The fourth-order valence-electron chi connectivity index (χ4n) is 3.61. The van der Waals surface area contributed by atoms with Crippen molar-refractivity contribution < 1.29 is 4.74 Å². The van der Waals surface area contributed by atoms with E-state index < -0.39 is 0 Å². The number of ether oxygens (including phenoxy) is 1. The first kappa shape index (κ1) is 11.4. The molecule has 0 radical (unpaired) electrons. The van der Waals surface area contributed by atoms with Crippen LogP contribution in [0.5, 0.6) is 0 Å². The van der Waals surface area contributed by atoms with Gasteiger partial charge in [0.2, 0.25) is 0 Å². The van der Waals surface area contributed by atoms with Gasteiger partial charge in [0.25, 0.3) is 0 Å². The van der Waals surface area contributed by atoms with E-state index >= 15 is 0 Å². The highest BCUT2D eigenvalue weighted by atomic mass is 16.5. The number of rotatable bonds is 2. The Balaban J connectivity index is 2.02. The quantitative estimate of drug-likeness (QED) is 0.762. The third-order valence-corrected chi connectivity index (χ3v) is 4.71. The Labute approximate surface area is 93.6 Å². The Morgan fingerprint density at radius 2 is 1.67 bits per heavy atom. The highest BCUT2D eigenvalue weighted by Crippen LogP contribution is 2.39. The van der Waals surface area contributed by atoms with Crippen molar-refractivity contribution in [1.82, 2.24) is 0 Å². The van der Waals surface area contributed by atoms with Crippen LogP contribution in [-0.4, -0.2) is 18.2 Å². The summed E-state index contributed by atoms with van der Waals surface area (Å²) in [4.78, 5) is 0. The van der Waals surface area contributed by atoms with E-state index in [9.17, 15) is 0 Å². The van der Waals surface area contributed by atoms with Crippen molar-refractivity contribution in [2.24, 2.45) is 23.5 Å². The lowest BCUT2D eigenvalue weighted by Gasteiger charge is -2.30. The van der Waals surface area contributed by atoms with Gasteiger partial charge in [0.15, 0.2) is 0 Å². The molecule has 5 unspecified atom stereocenters. The van der Waals surface area contributed by atoms with Crippen LogP contribution in [0.25, 0.3) is 0 Å². The molecule has 0 aromatic rings. The van der Waals surface area contributed by atoms with Gasteiger partial charge in [-0.1, -0.05) is 19.8 Å². The van der Waals surface area contributed by atoms with E-state index in [0.29, 0.717) is 30.1 Å². The molecule has 0 amide bonds. The van der Waals surface area contributed by atoms with Gasteiger partial charge in [-0.3, -0.25) is 0 Å². The summed E-state index contributed by atoms with van der Waals surface area (Å²) in [5.41, 5.74) is 6.45. The smallest absolute Gasteiger partial charge is 0.0597 e. The zero-order chi connectivity index (χ0) is 11.0. The molecule has 1 aliphatic carbocycles. The van der Waals surface area contributed by atoms with E-state index in [0.717, 1.165) is 5.92 Å². The summed E-state index contributed by atoms with van der Waals surface area (Å²) in [6.45, 7) is 6.68. The third kappa shape index (κ3) is 2.07. The summed E-state index contributed by atoms with van der Waals surface area (Å²) in [5, 5.41) is 0. The molecule has 5 atom stereocenters. The molecule has 0 aromatic heterocycles. The Morgan fingerprint density at radius 1 is 1.07 bits per heavy atom. The second kappa shape index (κ2) is 4.42. The molecule has 1 heterocycles. The predicted molar refractivity (Wildman–Crippen MR) is 62.6 cm³/mol. The second-order valence-electron chi connectivity index (χ2n) is 5.60. The van der Waals surface area contributed by atoms with E-state index in [1.54, 1.807) is 0 Å². The van der Waals surface area contributed by atoms with Gasteiger partial charge in [-0.2, -0.15) is 0 Å². The van der Waals surface area contributed by atoms with Gasteiger partial charge in [-0.05, 0) is 38.5 Å². The van der Waals surface area contributed by atoms with Gasteiger partial charge in [0, 0.05) is 12.0 Å². The molecule has 2 fully saturated rings. The summed E-state index contributed by atoms with van der Waals surface area (Å²) in [6, 6.07) is 0.363. The highest BCUT2D eigenvalue weighted by molar-refractivity contribution is 4.94. The number of hydrogen-bond acceptors (Lipinski definition) is 2. The average molecular weight is 211 g/mol. The monoisotopic (exact) mass is 211 g/mol. The normalized spacial score (nSPS) is 44.8. The average Bonchev–Trinajstić information content (AvgIpc) is 2.76. The lowest BCUT2D eigenvalue weighted by Crippen LogP contribution is -2.42. The van der Waals surface area contributed by atoms with Gasteiger partial charge in [-0.15, -0.1) is 0 Å². The molecule has 0 aromatic carbocycles. The van der Waals surface area contributed by atoms with Crippen molar-refractivity contribution >= 4 is 0 Å². The van der Waals surface area contributed by atoms with Crippen LogP contribution in [0.2, 0.25) is 0 Å². The summed E-state index contributed by atoms with van der Waals surface area (Å²) >= 11 is 0. The number of nitrogens with two attached hydrogens (primary N) is 1. The molecular weight excluding hydrogens is 186 g/mol. The minimum atomic E-state index is 0.352. The Bertz CT molecular complexity index is 213. The van der Waals surface area contributed by atoms with E-state index in [1.807, 2.05) is 0 Å². The van der Waals surface area contributed by atoms with Gasteiger partial charge >= 0.3 is 0 Å². The molecule has 0 bridgehead atoms. The van der Waals surface area contributed by atoms with Gasteiger partial charge in [0.05, 0.1) is 12.2 Å². The molecule has 2 nitrogen and oxygen atoms in total. The minimum absolute atomic E-state index is 0.352. The molecule has 15 heavy (non-hydrogen) atoms. The van der Waals surface area contributed by atoms with Crippen molar-refractivity contribution in [2.75, 3.05) is 0 Å². The first-order valence-electron chi connectivity index (χ1n) is 6.52. The maximum Gasteiger partial charge on any atom is 0.0597 e. The summed E-state index contributed by atoms with van der Waals surface area (Å²) in [5.74, 6) is 1.95. The molecule has 2 heteroatoms. The van der Waals surface area contributed by atoms with Crippen molar-refractivity contribution in [3.8, 4) is 0 Å². The number of hydrogen-bond donors (Lipinski definition) is 1. The Kier molecular flexibility index (Phi) is 3.36. The molecule has 1 aliphatic heterocycles. The molecular formula is C13H25NO. The van der Waals surface area contributed by atoms with Crippen LogP contribution >= 0.6 is 0 Å². The van der Waals surface area contributed by atoms with E-state index in [4.69, 9.17) is 10.5 Å². The summed E-state index contributed by atoms with van der Waals surface area (Å²) in [7, 11) is 0. The van der Waals surface area contributed by atoms with Crippen molar-refractivity contribution in [3.05, 3.63) is 0 Å². The van der Waals surface area contributed by atoms with E-state index in [2.05, 4.69) is 20.8 Å². The first-order chi connectivity index (χ1) is 7.11. The third-order valence-electron chi connectivity index (χ3n) is 4.71. The topological polar surface area (TPSA) is 35.2 Å². The maximum atomic E-state index is 6.45. The molecule has 0 spiro atoms. The van der Waals surface area contributed by atoms with Gasteiger partial charge in [-0.25, -0.2) is 0 Å². The highest BCUT2D eigenvalue weighted by Gasteiger charge is 2.42. The summed E-state index contributed by atoms with van der Waals surface area (Å²) < 4.78 is 5.89. The Hall–Kier alpha value is -0.0800. The standard InChI is InChI=1S/C13H25NO/c1-8-9(2)15-10(3)12(8)13(14)11-6-4-5-7-11/h8-13H,4-7,14H2,1-3H3. The van der Waals surface area contributed by atoms with Crippen molar-refractivity contribution in [2.45, 2.75) is 64.7 Å². The SMILES string of the molecule is CC1OC(C)C(C(N)C2CCCC2)C1C. The zero-order valence-corrected chi connectivity index (χ0v) is 10.3. The fraction of sp³-hybridized carbons (Fsp3) is 1.00.